The molecule has 0 atom stereocenters. The van der Waals surface area contributed by atoms with Crippen LogP contribution in [-0.4, -0.2) is 44.3 Å². The molecule has 0 saturated carbocycles. The van der Waals surface area contributed by atoms with Crippen LogP contribution in [0, 0.1) is 0 Å². The predicted octanol–water partition coefficient (Wildman–Crippen LogP) is 1.88. The van der Waals surface area contributed by atoms with E-state index in [-0.39, 0.29) is 13.2 Å². The Bertz CT molecular complexity index is 1460. The maximum absolute atomic E-state index is 12.7. The fourth-order valence-corrected chi connectivity index (χ4v) is 4.05. The molecule has 0 saturated heterocycles. The number of fused-ring (bicyclic) bond motifs is 2. The molecule has 0 spiro atoms. The summed E-state index contributed by atoms with van der Waals surface area (Å²) in [7, 11) is 0. The molecular formula is C28H22O8. The van der Waals surface area contributed by atoms with Crippen molar-refractivity contribution in [3.63, 3.8) is 0 Å². The molecule has 0 radical (unpaired) electrons. The molecule has 8 heteroatoms. The van der Waals surface area contributed by atoms with Crippen molar-refractivity contribution in [1.29, 1.82) is 0 Å². The molecule has 36 heavy (non-hydrogen) atoms. The first kappa shape index (κ1) is 23.3. The summed E-state index contributed by atoms with van der Waals surface area (Å²) in [6.07, 6.45) is 0. The van der Waals surface area contributed by atoms with E-state index in [0.29, 0.717) is 57.6 Å². The Kier molecular flexibility index (Phi) is 6.51. The third-order valence-electron chi connectivity index (χ3n) is 5.69. The second kappa shape index (κ2) is 10.1. The third kappa shape index (κ3) is 4.58. The summed E-state index contributed by atoms with van der Waals surface area (Å²) in [4.78, 5) is 37.1. The number of rotatable bonds is 9. The number of carbonyl (C=O) groups is 3. The van der Waals surface area contributed by atoms with Crippen molar-refractivity contribution in [3.05, 3.63) is 88.3 Å². The lowest BCUT2D eigenvalue weighted by Crippen LogP contribution is -2.17. The second-order valence-electron chi connectivity index (χ2n) is 7.97. The largest absolute Gasteiger partial charge is 0.482 e. The monoisotopic (exact) mass is 486 g/mol. The summed E-state index contributed by atoms with van der Waals surface area (Å²) in [5.41, 5.74) is 2.10. The van der Waals surface area contributed by atoms with E-state index in [9.17, 15) is 14.4 Å². The van der Waals surface area contributed by atoms with Gasteiger partial charge >= 0.3 is 17.9 Å². The Morgan fingerprint density at radius 2 is 1.36 bits per heavy atom. The molecule has 0 aliphatic carbocycles. The highest BCUT2D eigenvalue weighted by Crippen LogP contribution is 2.27. The average molecular weight is 486 g/mol. The molecule has 3 aromatic carbocycles. The molecule has 3 aromatic rings. The van der Waals surface area contributed by atoms with E-state index in [4.69, 9.17) is 23.7 Å². The zero-order chi connectivity index (χ0) is 25.1. The van der Waals surface area contributed by atoms with E-state index < -0.39 is 17.9 Å². The first-order valence-electron chi connectivity index (χ1n) is 11.4. The summed E-state index contributed by atoms with van der Waals surface area (Å²) >= 11 is 0. The maximum atomic E-state index is 12.7. The van der Waals surface area contributed by atoms with Crippen LogP contribution in [0.25, 0.3) is 11.1 Å². The van der Waals surface area contributed by atoms with Gasteiger partial charge < -0.3 is 23.7 Å². The number of hydrogen-bond donors (Lipinski definition) is 0. The van der Waals surface area contributed by atoms with Crippen LogP contribution in [0.1, 0.15) is 18.1 Å². The zero-order valence-electron chi connectivity index (χ0n) is 19.4. The van der Waals surface area contributed by atoms with E-state index in [2.05, 4.69) is 0 Å². The highest BCUT2D eigenvalue weighted by atomic mass is 16.6. The molecule has 8 nitrogen and oxygen atoms in total. The lowest BCUT2D eigenvalue weighted by Gasteiger charge is -2.08. The summed E-state index contributed by atoms with van der Waals surface area (Å²) in [5.74, 6) is -0.292. The van der Waals surface area contributed by atoms with Crippen molar-refractivity contribution in [2.45, 2.75) is 6.92 Å². The Morgan fingerprint density at radius 1 is 0.778 bits per heavy atom. The number of hydrogen-bond acceptors (Lipinski definition) is 8. The summed E-state index contributed by atoms with van der Waals surface area (Å²) in [5, 5.41) is 1.11. The van der Waals surface area contributed by atoms with Gasteiger partial charge in [0.25, 0.3) is 0 Å². The minimum atomic E-state index is -0.507. The van der Waals surface area contributed by atoms with Gasteiger partial charge in [0.1, 0.15) is 23.9 Å². The van der Waals surface area contributed by atoms with E-state index in [1.165, 1.54) is 0 Å². The third-order valence-corrected chi connectivity index (χ3v) is 5.69. The molecular weight excluding hydrogens is 464 g/mol. The maximum Gasteiger partial charge on any atom is 0.344 e. The SMILES string of the molecule is CCOCCOC(=O)COc1ccc(C2=c3cc4c(cc3OC2=O)=C(c2ccccc2)C(=O)O4)cc1. The molecule has 5 rings (SSSR count). The summed E-state index contributed by atoms with van der Waals surface area (Å²) in [6.45, 7) is 2.67. The van der Waals surface area contributed by atoms with Crippen LogP contribution in [0.4, 0.5) is 0 Å². The second-order valence-corrected chi connectivity index (χ2v) is 7.97. The molecule has 0 unspecified atom stereocenters. The van der Waals surface area contributed by atoms with E-state index in [0.717, 1.165) is 5.56 Å². The topological polar surface area (TPSA) is 97.4 Å². The van der Waals surface area contributed by atoms with Gasteiger partial charge in [0.2, 0.25) is 0 Å². The molecule has 0 bridgehead atoms. The van der Waals surface area contributed by atoms with Gasteiger partial charge in [-0.15, -0.1) is 0 Å². The van der Waals surface area contributed by atoms with Crippen LogP contribution in [-0.2, 0) is 23.9 Å². The van der Waals surface area contributed by atoms with Gasteiger partial charge in [-0.25, -0.2) is 14.4 Å². The van der Waals surface area contributed by atoms with Gasteiger partial charge in [-0.3, -0.25) is 0 Å². The van der Waals surface area contributed by atoms with Gasteiger partial charge in [-0.2, -0.15) is 0 Å². The van der Waals surface area contributed by atoms with Crippen molar-refractivity contribution in [2.24, 2.45) is 0 Å². The van der Waals surface area contributed by atoms with Crippen LogP contribution >= 0.6 is 0 Å². The lowest BCUT2D eigenvalue weighted by atomic mass is 10.0. The minimum Gasteiger partial charge on any atom is -0.482 e. The Hall–Kier alpha value is -4.43. The highest BCUT2D eigenvalue weighted by molar-refractivity contribution is 6.21. The summed E-state index contributed by atoms with van der Waals surface area (Å²) < 4.78 is 26.6. The molecule has 182 valence electrons. The van der Waals surface area contributed by atoms with Crippen molar-refractivity contribution in [1.82, 2.24) is 0 Å². The van der Waals surface area contributed by atoms with Gasteiger partial charge in [0, 0.05) is 17.0 Å². The van der Waals surface area contributed by atoms with Crippen LogP contribution < -0.4 is 24.6 Å². The molecule has 2 heterocycles. The Labute approximate surface area is 206 Å². The Balaban J connectivity index is 1.39. The Morgan fingerprint density at radius 3 is 1.94 bits per heavy atom. The first-order valence-corrected chi connectivity index (χ1v) is 11.4. The quantitative estimate of drug-likeness (QED) is 0.257. The van der Waals surface area contributed by atoms with Gasteiger partial charge in [0.15, 0.2) is 6.61 Å². The number of ether oxygens (including phenoxy) is 5. The van der Waals surface area contributed by atoms with Crippen LogP contribution in [0.5, 0.6) is 17.2 Å². The predicted molar refractivity (Wildman–Crippen MR) is 128 cm³/mol. The van der Waals surface area contributed by atoms with E-state index in [1.54, 1.807) is 36.4 Å². The molecule has 0 N–H and O–H groups in total. The van der Waals surface area contributed by atoms with Crippen molar-refractivity contribution >= 4 is 29.1 Å². The number of benzene rings is 3. The normalized spacial score (nSPS) is 13.7. The van der Waals surface area contributed by atoms with Crippen LogP contribution in [0.15, 0.2) is 66.7 Å². The average Bonchev–Trinajstić information content (AvgIpc) is 3.38. The standard InChI is InChI=1S/C28H22O8/c1-2-32-12-13-33-24(29)16-34-19-10-8-18(9-11-19)26-21-15-22-20(14-23(21)36-28(26)31)25(27(30)35-22)17-6-4-3-5-7-17/h3-11,14-15H,2,12-13,16H2,1H3. The van der Waals surface area contributed by atoms with Gasteiger partial charge in [-0.05, 0) is 42.3 Å². The van der Waals surface area contributed by atoms with E-state index >= 15 is 0 Å². The zero-order valence-corrected chi connectivity index (χ0v) is 19.4. The fraction of sp³-hybridized carbons (Fsp3) is 0.179. The molecule has 0 fully saturated rings. The fourth-order valence-electron chi connectivity index (χ4n) is 4.05. The molecule has 0 amide bonds. The van der Waals surface area contributed by atoms with Crippen LogP contribution in [0.2, 0.25) is 0 Å². The first-order chi connectivity index (χ1) is 17.5. The molecule has 0 aromatic heterocycles. The van der Waals surface area contributed by atoms with Gasteiger partial charge in [-0.1, -0.05) is 42.5 Å². The minimum absolute atomic E-state index is 0.165. The smallest absolute Gasteiger partial charge is 0.344 e. The number of esters is 3. The van der Waals surface area contributed by atoms with Crippen molar-refractivity contribution < 1.29 is 38.1 Å². The summed E-state index contributed by atoms with van der Waals surface area (Å²) in [6, 6.07) is 19.2. The van der Waals surface area contributed by atoms with Gasteiger partial charge in [0.05, 0.1) is 17.8 Å². The van der Waals surface area contributed by atoms with Crippen molar-refractivity contribution in [3.8, 4) is 17.2 Å². The molecule has 2 aliphatic rings. The van der Waals surface area contributed by atoms with Crippen molar-refractivity contribution in [2.75, 3.05) is 26.4 Å². The number of carbonyl (C=O) groups excluding carboxylic acids is 3. The van der Waals surface area contributed by atoms with Crippen LogP contribution in [0.3, 0.4) is 0 Å². The highest BCUT2D eigenvalue weighted by Gasteiger charge is 2.30. The molecule has 2 aliphatic heterocycles. The van der Waals surface area contributed by atoms with E-state index in [1.807, 2.05) is 37.3 Å². The lowest BCUT2D eigenvalue weighted by molar-refractivity contribution is -0.147.